The van der Waals surface area contributed by atoms with Crippen molar-refractivity contribution < 1.29 is 19.0 Å². The lowest BCUT2D eigenvalue weighted by Gasteiger charge is -2.24. The van der Waals surface area contributed by atoms with E-state index in [1.165, 1.54) is 25.4 Å². The normalized spacial score (nSPS) is 11.4. The summed E-state index contributed by atoms with van der Waals surface area (Å²) in [5, 5.41) is 16.7. The van der Waals surface area contributed by atoms with Crippen molar-refractivity contribution in [1.29, 1.82) is 0 Å². The summed E-state index contributed by atoms with van der Waals surface area (Å²) in [7, 11) is 9.03. The van der Waals surface area contributed by atoms with Crippen LogP contribution in [-0.2, 0) is 5.60 Å². The van der Waals surface area contributed by atoms with Crippen LogP contribution in [0.5, 0.6) is 11.5 Å². The second kappa shape index (κ2) is 11.9. The van der Waals surface area contributed by atoms with Crippen molar-refractivity contribution in [3.8, 4) is 11.5 Å². The Labute approximate surface area is 227 Å². The van der Waals surface area contributed by atoms with Crippen LogP contribution in [0.4, 0.5) is 38.9 Å². The summed E-state index contributed by atoms with van der Waals surface area (Å²) in [5.74, 6) is 0.714. The van der Waals surface area contributed by atoms with Crippen molar-refractivity contribution >= 4 is 46.1 Å². The number of nitrogens with two attached hydrogens (primary N) is 1. The number of nitrogens with zero attached hydrogens (tertiary/aromatic N) is 4. The molecule has 38 heavy (non-hydrogen) atoms. The van der Waals surface area contributed by atoms with E-state index in [-0.39, 0.29) is 22.4 Å². The number of nitrogens with one attached hydrogen (secondary N) is 2. The summed E-state index contributed by atoms with van der Waals surface area (Å²) in [4.78, 5) is 13.0. The van der Waals surface area contributed by atoms with Gasteiger partial charge in [-0.15, -0.1) is 0 Å². The van der Waals surface area contributed by atoms with Gasteiger partial charge in [0.15, 0.2) is 11.6 Å². The molecule has 0 fully saturated rings. The average Bonchev–Trinajstić information content (AvgIpc) is 2.84. The van der Waals surface area contributed by atoms with Crippen molar-refractivity contribution in [1.82, 2.24) is 14.9 Å². The van der Waals surface area contributed by atoms with Gasteiger partial charge in [0.1, 0.15) is 11.6 Å². The van der Waals surface area contributed by atoms with Gasteiger partial charge in [0.2, 0.25) is 5.95 Å². The Morgan fingerprint density at radius 1 is 1.03 bits per heavy atom. The number of benzene rings is 2. The Balaban J connectivity index is 1.96. The SMILES string of the molecule is COc1cc(N(C)CCN(C)C)c(N)cc1Nc1ncc(OC)c(Nc2cc(Cl)c(F)cc2C(C)(C)O)n1. The summed E-state index contributed by atoms with van der Waals surface area (Å²) >= 11 is 6.03. The maximum absolute atomic E-state index is 14.2. The number of anilines is 6. The predicted octanol–water partition coefficient (Wildman–Crippen LogP) is 4.58. The highest BCUT2D eigenvalue weighted by molar-refractivity contribution is 6.31. The Kier molecular flexibility index (Phi) is 9.08. The molecule has 0 saturated heterocycles. The number of aliphatic hydroxyl groups is 1. The van der Waals surface area contributed by atoms with Crippen LogP contribution >= 0.6 is 11.6 Å². The fraction of sp³-hybridized carbons (Fsp3) is 0.385. The Morgan fingerprint density at radius 2 is 1.71 bits per heavy atom. The molecule has 0 aliphatic rings. The molecule has 0 spiro atoms. The largest absolute Gasteiger partial charge is 0.494 e. The number of halogens is 2. The number of nitrogen functional groups attached to an aromatic ring is 1. The highest BCUT2D eigenvalue weighted by atomic mass is 35.5. The fourth-order valence-corrected chi connectivity index (χ4v) is 3.89. The summed E-state index contributed by atoms with van der Waals surface area (Å²) in [6.07, 6.45) is 1.48. The first-order chi connectivity index (χ1) is 17.8. The first kappa shape index (κ1) is 29.0. The van der Waals surface area contributed by atoms with Gasteiger partial charge in [0.05, 0.1) is 48.1 Å². The molecule has 0 atom stereocenters. The highest BCUT2D eigenvalue weighted by Gasteiger charge is 2.24. The Bertz CT molecular complexity index is 1280. The lowest BCUT2D eigenvalue weighted by atomic mass is 9.96. The van der Waals surface area contributed by atoms with Crippen LogP contribution in [0, 0.1) is 5.82 Å². The third kappa shape index (κ3) is 6.85. The van der Waals surface area contributed by atoms with E-state index in [0.717, 1.165) is 18.8 Å². The standard InChI is InChI=1S/C26H35ClFN7O3/c1-26(2,36)15-10-17(28)16(27)11-19(15)31-24-23(38-7)14-30-25(33-24)32-20-12-18(29)21(13-22(20)37-6)35(5)9-8-34(3)4/h10-14,36H,8-9,29H2,1-7H3,(H2,30,31,32,33). The van der Waals surface area contributed by atoms with Gasteiger partial charge in [0.25, 0.3) is 0 Å². The Morgan fingerprint density at radius 3 is 2.32 bits per heavy atom. The van der Waals surface area contributed by atoms with Gasteiger partial charge in [0, 0.05) is 37.5 Å². The number of likely N-dealkylation sites (N-methyl/N-ethyl adjacent to an activating group) is 2. The van der Waals surface area contributed by atoms with Crippen molar-refractivity contribution in [2.24, 2.45) is 0 Å². The minimum Gasteiger partial charge on any atom is -0.494 e. The molecule has 10 nitrogen and oxygen atoms in total. The number of rotatable bonds is 11. The van der Waals surface area contributed by atoms with Gasteiger partial charge >= 0.3 is 0 Å². The predicted molar refractivity (Wildman–Crippen MR) is 151 cm³/mol. The lowest BCUT2D eigenvalue weighted by molar-refractivity contribution is 0.0790. The topological polar surface area (TPSA) is 121 Å². The molecule has 12 heteroatoms. The molecular formula is C26H35ClFN7O3. The zero-order chi connectivity index (χ0) is 28.2. The van der Waals surface area contributed by atoms with E-state index in [2.05, 4.69) is 30.4 Å². The number of ether oxygens (including phenoxy) is 2. The van der Waals surface area contributed by atoms with Crippen LogP contribution in [0.15, 0.2) is 30.5 Å². The van der Waals surface area contributed by atoms with Crippen LogP contribution in [0.1, 0.15) is 19.4 Å². The van der Waals surface area contributed by atoms with Gasteiger partial charge in [-0.3, -0.25) is 0 Å². The van der Waals surface area contributed by atoms with Crippen LogP contribution in [-0.4, -0.2) is 68.4 Å². The summed E-state index contributed by atoms with van der Waals surface area (Å²) < 4.78 is 25.2. The van der Waals surface area contributed by atoms with E-state index < -0.39 is 11.4 Å². The molecule has 0 unspecified atom stereocenters. The molecule has 0 bridgehead atoms. The zero-order valence-corrected chi connectivity index (χ0v) is 23.4. The molecular weight excluding hydrogens is 513 g/mol. The summed E-state index contributed by atoms with van der Waals surface area (Å²) in [6.45, 7) is 4.73. The molecule has 0 radical (unpaired) electrons. The van der Waals surface area contributed by atoms with E-state index in [0.29, 0.717) is 28.6 Å². The first-order valence-electron chi connectivity index (χ1n) is 11.8. The summed E-state index contributed by atoms with van der Waals surface area (Å²) in [6, 6.07) is 6.18. The first-order valence-corrected chi connectivity index (χ1v) is 12.2. The number of methoxy groups -OCH3 is 2. The van der Waals surface area contributed by atoms with Crippen molar-refractivity contribution in [3.05, 3.63) is 46.9 Å². The third-order valence-electron chi connectivity index (χ3n) is 5.84. The molecule has 3 aromatic rings. The second-order valence-electron chi connectivity index (χ2n) is 9.57. The maximum Gasteiger partial charge on any atom is 0.229 e. The second-order valence-corrected chi connectivity index (χ2v) is 9.97. The molecule has 206 valence electrons. The van der Waals surface area contributed by atoms with Crippen molar-refractivity contribution in [2.75, 3.05) is 69.7 Å². The van der Waals surface area contributed by atoms with Gasteiger partial charge < -0.3 is 40.7 Å². The van der Waals surface area contributed by atoms with Crippen LogP contribution in [0.25, 0.3) is 0 Å². The molecule has 5 N–H and O–H groups in total. The minimum absolute atomic E-state index is 0.109. The fourth-order valence-electron chi connectivity index (χ4n) is 3.73. The molecule has 1 heterocycles. The molecule has 3 rings (SSSR count). The van der Waals surface area contributed by atoms with E-state index in [1.807, 2.05) is 27.2 Å². The third-order valence-corrected chi connectivity index (χ3v) is 6.13. The maximum atomic E-state index is 14.2. The lowest BCUT2D eigenvalue weighted by Crippen LogP contribution is -2.29. The Hall–Kier alpha value is -3.54. The van der Waals surface area contributed by atoms with Gasteiger partial charge in [-0.25, -0.2) is 9.37 Å². The number of hydrogen-bond acceptors (Lipinski definition) is 10. The highest BCUT2D eigenvalue weighted by Crippen LogP contribution is 2.38. The summed E-state index contributed by atoms with van der Waals surface area (Å²) in [5.41, 5.74) is 7.62. The molecule has 0 aliphatic heterocycles. The van der Waals surface area contributed by atoms with E-state index in [4.69, 9.17) is 26.8 Å². The molecule has 0 aliphatic carbocycles. The number of aromatic nitrogens is 2. The van der Waals surface area contributed by atoms with Crippen molar-refractivity contribution in [2.45, 2.75) is 19.4 Å². The smallest absolute Gasteiger partial charge is 0.229 e. The van der Waals surface area contributed by atoms with Crippen LogP contribution < -0.4 is 30.7 Å². The van der Waals surface area contributed by atoms with Crippen LogP contribution in [0.2, 0.25) is 5.02 Å². The molecule has 2 aromatic carbocycles. The number of hydrogen-bond donors (Lipinski definition) is 4. The van der Waals surface area contributed by atoms with Crippen LogP contribution in [0.3, 0.4) is 0 Å². The van der Waals surface area contributed by atoms with E-state index >= 15 is 0 Å². The molecule has 0 amide bonds. The quantitative estimate of drug-likeness (QED) is 0.254. The molecule has 1 aromatic heterocycles. The zero-order valence-electron chi connectivity index (χ0n) is 22.7. The van der Waals surface area contributed by atoms with Gasteiger partial charge in [-0.1, -0.05) is 11.6 Å². The van der Waals surface area contributed by atoms with E-state index in [1.54, 1.807) is 27.0 Å². The average molecular weight is 548 g/mol. The van der Waals surface area contributed by atoms with Gasteiger partial charge in [-0.05, 0) is 46.1 Å². The van der Waals surface area contributed by atoms with E-state index in [9.17, 15) is 9.50 Å². The molecule has 0 saturated carbocycles. The van der Waals surface area contributed by atoms with Gasteiger partial charge in [-0.2, -0.15) is 4.98 Å². The minimum atomic E-state index is -1.36. The monoisotopic (exact) mass is 547 g/mol. The van der Waals surface area contributed by atoms with Crippen molar-refractivity contribution in [3.63, 3.8) is 0 Å².